The van der Waals surface area contributed by atoms with Crippen LogP contribution in [0.2, 0.25) is 0 Å². The molecule has 1 aromatic heterocycles. The Morgan fingerprint density at radius 1 is 1.62 bits per heavy atom. The van der Waals surface area contributed by atoms with Crippen LogP contribution >= 0.6 is 0 Å². The van der Waals surface area contributed by atoms with Crippen molar-refractivity contribution in [2.75, 3.05) is 13.6 Å². The third-order valence-corrected chi connectivity index (χ3v) is 3.87. The molecule has 8 heteroatoms. The molecule has 0 aliphatic rings. The number of carboxylic acids is 1. The zero-order chi connectivity index (χ0) is 12.3. The lowest BCUT2D eigenvalue weighted by Gasteiger charge is -2.14. The van der Waals surface area contributed by atoms with Crippen molar-refractivity contribution in [3.05, 3.63) is 11.8 Å². The van der Waals surface area contributed by atoms with Crippen LogP contribution in [0.25, 0.3) is 0 Å². The predicted octanol–water partition coefficient (Wildman–Crippen LogP) is 0.138. The van der Waals surface area contributed by atoms with Gasteiger partial charge in [0.25, 0.3) is 10.0 Å². The molecule has 1 rings (SSSR count). The van der Waals surface area contributed by atoms with Gasteiger partial charge in [-0.25, -0.2) is 13.2 Å². The van der Waals surface area contributed by atoms with E-state index in [-0.39, 0.29) is 10.6 Å². The van der Waals surface area contributed by atoms with Gasteiger partial charge in [-0.2, -0.15) is 9.40 Å². The summed E-state index contributed by atoms with van der Waals surface area (Å²) in [5.74, 6) is -1.32. The number of aromatic nitrogens is 2. The third kappa shape index (κ3) is 2.22. The minimum absolute atomic E-state index is 0.320. The van der Waals surface area contributed by atoms with Gasteiger partial charge in [0, 0.05) is 13.6 Å². The number of aromatic amines is 1. The molecular weight excluding hydrogens is 234 g/mol. The largest absolute Gasteiger partial charge is 0.478 e. The smallest absolute Gasteiger partial charge is 0.340 e. The fourth-order valence-corrected chi connectivity index (χ4v) is 2.53. The van der Waals surface area contributed by atoms with Crippen LogP contribution in [0.1, 0.15) is 23.7 Å². The summed E-state index contributed by atoms with van der Waals surface area (Å²) < 4.78 is 24.9. The molecule has 2 N–H and O–H groups in total. The highest BCUT2D eigenvalue weighted by molar-refractivity contribution is 7.89. The van der Waals surface area contributed by atoms with Gasteiger partial charge in [0.2, 0.25) is 0 Å². The maximum Gasteiger partial charge on any atom is 0.340 e. The number of aromatic carboxylic acids is 1. The van der Waals surface area contributed by atoms with Crippen LogP contribution < -0.4 is 0 Å². The van der Waals surface area contributed by atoms with E-state index in [4.69, 9.17) is 5.11 Å². The number of sulfonamides is 1. The fraction of sp³-hybridized carbons (Fsp3) is 0.500. The summed E-state index contributed by atoms with van der Waals surface area (Å²) in [5, 5.41) is 14.1. The summed E-state index contributed by atoms with van der Waals surface area (Å²) >= 11 is 0. The van der Waals surface area contributed by atoms with Crippen molar-refractivity contribution < 1.29 is 18.3 Å². The Bertz CT molecular complexity index is 479. The van der Waals surface area contributed by atoms with Crippen LogP contribution in [-0.2, 0) is 10.0 Å². The van der Waals surface area contributed by atoms with Crippen LogP contribution in [-0.4, -0.2) is 47.6 Å². The second-order valence-corrected chi connectivity index (χ2v) is 5.23. The molecular formula is C8H13N3O4S. The highest BCUT2D eigenvalue weighted by atomic mass is 32.2. The summed E-state index contributed by atoms with van der Waals surface area (Å²) in [4.78, 5) is 10.8. The van der Waals surface area contributed by atoms with Gasteiger partial charge in [-0.3, -0.25) is 5.10 Å². The van der Waals surface area contributed by atoms with Crippen molar-refractivity contribution in [3.63, 3.8) is 0 Å². The Hall–Kier alpha value is -1.41. The zero-order valence-electron chi connectivity index (χ0n) is 8.97. The van der Waals surface area contributed by atoms with Gasteiger partial charge in [-0.15, -0.1) is 0 Å². The summed E-state index contributed by atoms with van der Waals surface area (Å²) in [6.45, 7) is 2.15. The molecule has 0 radical (unpaired) electrons. The number of H-pyrrole nitrogens is 1. The summed E-state index contributed by atoms with van der Waals surface area (Å²) in [5.41, 5.74) is -0.344. The first-order valence-corrected chi connectivity index (χ1v) is 6.08. The fourth-order valence-electron chi connectivity index (χ4n) is 1.21. The highest BCUT2D eigenvalue weighted by Crippen LogP contribution is 2.16. The number of nitrogens with zero attached hydrogens (tertiary/aromatic N) is 2. The lowest BCUT2D eigenvalue weighted by atomic mass is 10.4. The molecule has 0 aromatic carbocycles. The van der Waals surface area contributed by atoms with Crippen LogP contribution in [0.5, 0.6) is 0 Å². The topological polar surface area (TPSA) is 103 Å². The molecule has 0 fully saturated rings. The lowest BCUT2D eigenvalue weighted by molar-refractivity contribution is 0.0692. The van der Waals surface area contributed by atoms with E-state index in [1.54, 1.807) is 0 Å². The van der Waals surface area contributed by atoms with Crippen LogP contribution in [0.4, 0.5) is 0 Å². The van der Waals surface area contributed by atoms with Gasteiger partial charge in [0.1, 0.15) is 5.56 Å². The molecule has 0 spiro atoms. The van der Waals surface area contributed by atoms with E-state index in [9.17, 15) is 13.2 Å². The van der Waals surface area contributed by atoms with Crippen LogP contribution in [0.15, 0.2) is 11.2 Å². The molecule has 1 heterocycles. The first-order chi connectivity index (χ1) is 7.41. The molecule has 0 amide bonds. The summed E-state index contributed by atoms with van der Waals surface area (Å²) in [6.07, 6.45) is 1.63. The van der Waals surface area contributed by atoms with Gasteiger partial charge in [0.15, 0.2) is 5.03 Å². The van der Waals surface area contributed by atoms with Crippen molar-refractivity contribution in [2.45, 2.75) is 18.4 Å². The van der Waals surface area contributed by atoms with E-state index in [1.165, 1.54) is 7.05 Å². The van der Waals surface area contributed by atoms with Gasteiger partial charge >= 0.3 is 5.97 Å². The first-order valence-electron chi connectivity index (χ1n) is 4.64. The van der Waals surface area contributed by atoms with Crippen LogP contribution in [0, 0.1) is 0 Å². The Morgan fingerprint density at radius 3 is 2.75 bits per heavy atom. The van der Waals surface area contributed by atoms with Crippen molar-refractivity contribution >= 4 is 16.0 Å². The predicted molar refractivity (Wildman–Crippen MR) is 55.7 cm³/mol. The molecule has 0 aliphatic carbocycles. The Labute approximate surface area is 93.1 Å². The Kier molecular flexibility index (Phi) is 3.66. The van der Waals surface area contributed by atoms with Gasteiger partial charge in [-0.1, -0.05) is 6.92 Å². The molecule has 0 atom stereocenters. The molecule has 0 unspecified atom stereocenters. The number of hydrogen-bond acceptors (Lipinski definition) is 4. The highest BCUT2D eigenvalue weighted by Gasteiger charge is 2.28. The molecule has 0 aliphatic heterocycles. The molecule has 90 valence electrons. The summed E-state index contributed by atoms with van der Waals surface area (Å²) in [7, 11) is -2.40. The summed E-state index contributed by atoms with van der Waals surface area (Å²) in [6, 6.07) is 0. The maximum atomic E-state index is 11.9. The van der Waals surface area contributed by atoms with E-state index in [2.05, 4.69) is 10.2 Å². The maximum absolute atomic E-state index is 11.9. The molecule has 0 saturated carbocycles. The van der Waals surface area contributed by atoms with Crippen molar-refractivity contribution in [2.24, 2.45) is 0 Å². The minimum atomic E-state index is -3.80. The van der Waals surface area contributed by atoms with Crippen molar-refractivity contribution in [1.29, 1.82) is 0 Å². The number of hydrogen-bond donors (Lipinski definition) is 2. The quantitative estimate of drug-likeness (QED) is 0.770. The average molecular weight is 247 g/mol. The number of carbonyl (C=O) groups is 1. The normalized spacial score (nSPS) is 11.9. The molecule has 0 bridgehead atoms. The second-order valence-electron chi connectivity index (χ2n) is 3.24. The standard InChI is InChI=1S/C8H13N3O4S/c1-3-4-11(2)16(14,15)7-6(8(12)13)5-9-10-7/h5H,3-4H2,1-2H3,(H,9,10)(H,12,13). The van der Waals surface area contributed by atoms with Crippen molar-refractivity contribution in [1.82, 2.24) is 14.5 Å². The monoisotopic (exact) mass is 247 g/mol. The average Bonchev–Trinajstić information content (AvgIpc) is 2.66. The Morgan fingerprint density at radius 2 is 2.25 bits per heavy atom. The number of rotatable bonds is 5. The van der Waals surface area contributed by atoms with Crippen molar-refractivity contribution in [3.8, 4) is 0 Å². The van der Waals surface area contributed by atoms with Gasteiger partial charge < -0.3 is 5.11 Å². The molecule has 0 saturated heterocycles. The number of carboxylic acid groups (broad SMARTS) is 1. The van der Waals surface area contributed by atoms with E-state index in [1.807, 2.05) is 6.92 Å². The zero-order valence-corrected chi connectivity index (χ0v) is 9.78. The lowest BCUT2D eigenvalue weighted by Crippen LogP contribution is -2.29. The van der Waals surface area contributed by atoms with E-state index in [0.29, 0.717) is 13.0 Å². The van der Waals surface area contributed by atoms with Crippen LogP contribution in [0.3, 0.4) is 0 Å². The third-order valence-electron chi connectivity index (χ3n) is 2.04. The van der Waals surface area contributed by atoms with E-state index < -0.39 is 16.0 Å². The molecule has 7 nitrogen and oxygen atoms in total. The van der Waals surface area contributed by atoms with E-state index in [0.717, 1.165) is 10.5 Å². The van der Waals surface area contributed by atoms with Gasteiger partial charge in [-0.05, 0) is 6.42 Å². The minimum Gasteiger partial charge on any atom is -0.478 e. The van der Waals surface area contributed by atoms with Gasteiger partial charge in [0.05, 0.1) is 6.20 Å². The Balaban J connectivity index is 3.17. The SMILES string of the molecule is CCCN(C)S(=O)(=O)c1[nH]ncc1C(=O)O. The second kappa shape index (κ2) is 4.62. The van der Waals surface area contributed by atoms with E-state index >= 15 is 0 Å². The number of nitrogens with one attached hydrogen (secondary N) is 1. The first kappa shape index (κ1) is 12.7. The molecule has 16 heavy (non-hydrogen) atoms. The molecule has 1 aromatic rings.